The average molecular weight is 311 g/mol. The van der Waals surface area contributed by atoms with Crippen LogP contribution >= 0.6 is 12.4 Å². The molecule has 0 fully saturated rings. The minimum Gasteiger partial charge on any atom is -0.349 e. The van der Waals surface area contributed by atoms with Crippen LogP contribution in [0.4, 0.5) is 13.2 Å². The van der Waals surface area contributed by atoms with Crippen molar-refractivity contribution in [3.63, 3.8) is 0 Å². The van der Waals surface area contributed by atoms with Gasteiger partial charge in [0.2, 0.25) is 5.91 Å². The smallest absolute Gasteiger partial charge is 0.349 e. The maximum atomic E-state index is 12.8. The van der Waals surface area contributed by atoms with Crippen LogP contribution in [0.15, 0.2) is 24.3 Å². The van der Waals surface area contributed by atoms with Gasteiger partial charge in [0.15, 0.2) is 0 Å². The van der Waals surface area contributed by atoms with Crippen molar-refractivity contribution in [2.75, 3.05) is 6.54 Å². The van der Waals surface area contributed by atoms with E-state index in [1.807, 2.05) is 0 Å². The van der Waals surface area contributed by atoms with Crippen LogP contribution in [0.5, 0.6) is 0 Å². The number of rotatable bonds is 4. The van der Waals surface area contributed by atoms with Crippen molar-refractivity contribution in [2.24, 2.45) is 11.7 Å². The van der Waals surface area contributed by atoms with Crippen molar-refractivity contribution >= 4 is 18.3 Å². The second-order valence-electron chi connectivity index (χ2n) is 4.45. The van der Waals surface area contributed by atoms with Gasteiger partial charge in [-0.1, -0.05) is 25.1 Å². The zero-order chi connectivity index (χ0) is 14.6. The molecule has 1 aromatic carbocycles. The molecule has 7 heteroatoms. The lowest BCUT2D eigenvalue weighted by Crippen LogP contribution is -2.35. The maximum Gasteiger partial charge on any atom is 0.416 e. The van der Waals surface area contributed by atoms with Crippen LogP contribution in [0.1, 0.15) is 31.0 Å². The molecule has 1 aromatic rings. The molecule has 0 radical (unpaired) electrons. The predicted octanol–water partition coefficient (Wildman–Crippen LogP) is 2.90. The standard InChI is InChI=1S/C13H17F3N2O.ClH/c1-8(7-17)12(19)18-9(2)10-5-3-4-6-11(10)13(14,15)16;/h3-6,8-9H,7,17H2,1-2H3,(H,18,19);1H. The summed E-state index contributed by atoms with van der Waals surface area (Å²) in [5.41, 5.74) is 4.66. The second-order valence-corrected chi connectivity index (χ2v) is 4.45. The van der Waals surface area contributed by atoms with E-state index in [0.29, 0.717) is 0 Å². The lowest BCUT2D eigenvalue weighted by molar-refractivity contribution is -0.138. The van der Waals surface area contributed by atoms with Crippen molar-refractivity contribution in [3.8, 4) is 0 Å². The highest BCUT2D eigenvalue weighted by atomic mass is 35.5. The summed E-state index contributed by atoms with van der Waals surface area (Å²) in [5, 5.41) is 2.54. The third kappa shape index (κ3) is 4.68. The van der Waals surface area contributed by atoms with Gasteiger partial charge >= 0.3 is 6.18 Å². The monoisotopic (exact) mass is 310 g/mol. The largest absolute Gasteiger partial charge is 0.416 e. The minimum atomic E-state index is -4.44. The second kappa shape index (κ2) is 7.50. The molecule has 0 saturated heterocycles. The molecule has 3 N–H and O–H groups in total. The fourth-order valence-electron chi connectivity index (χ4n) is 1.67. The van der Waals surface area contributed by atoms with Crippen molar-refractivity contribution in [3.05, 3.63) is 35.4 Å². The fourth-order valence-corrected chi connectivity index (χ4v) is 1.67. The quantitative estimate of drug-likeness (QED) is 0.898. The average Bonchev–Trinajstić information content (AvgIpc) is 2.36. The van der Waals surface area contributed by atoms with E-state index in [9.17, 15) is 18.0 Å². The Morgan fingerprint density at radius 1 is 1.30 bits per heavy atom. The van der Waals surface area contributed by atoms with Gasteiger partial charge in [-0.3, -0.25) is 4.79 Å². The summed E-state index contributed by atoms with van der Waals surface area (Å²) in [7, 11) is 0. The number of carbonyl (C=O) groups is 1. The molecule has 0 spiro atoms. The number of halogens is 4. The molecule has 0 aliphatic rings. The number of nitrogens with two attached hydrogens (primary N) is 1. The number of nitrogens with one attached hydrogen (secondary N) is 1. The van der Waals surface area contributed by atoms with Crippen LogP contribution in [0.2, 0.25) is 0 Å². The topological polar surface area (TPSA) is 55.1 Å². The molecule has 0 heterocycles. The summed E-state index contributed by atoms with van der Waals surface area (Å²) in [5.74, 6) is -0.785. The molecule has 0 aromatic heterocycles. The van der Waals surface area contributed by atoms with Crippen molar-refractivity contribution in [1.29, 1.82) is 0 Å². The van der Waals surface area contributed by atoms with Gasteiger partial charge in [-0.15, -0.1) is 12.4 Å². The molecule has 1 amide bonds. The zero-order valence-electron chi connectivity index (χ0n) is 11.2. The third-order valence-corrected chi connectivity index (χ3v) is 2.89. The van der Waals surface area contributed by atoms with Crippen LogP contribution in [0.3, 0.4) is 0 Å². The molecular weight excluding hydrogens is 293 g/mol. The van der Waals surface area contributed by atoms with E-state index in [4.69, 9.17) is 5.73 Å². The first-order valence-electron chi connectivity index (χ1n) is 5.94. The Labute approximate surface area is 122 Å². The molecule has 2 unspecified atom stereocenters. The first-order valence-corrected chi connectivity index (χ1v) is 5.94. The highest BCUT2D eigenvalue weighted by Gasteiger charge is 2.34. The summed E-state index contributed by atoms with van der Waals surface area (Å²) < 4.78 is 38.5. The molecule has 0 bridgehead atoms. The predicted molar refractivity (Wildman–Crippen MR) is 73.5 cm³/mol. The molecule has 3 nitrogen and oxygen atoms in total. The Balaban J connectivity index is 0.00000361. The van der Waals surface area contributed by atoms with Crippen LogP contribution < -0.4 is 11.1 Å². The Bertz CT molecular complexity index is 451. The molecule has 20 heavy (non-hydrogen) atoms. The number of carbonyl (C=O) groups excluding carboxylic acids is 1. The van der Waals surface area contributed by atoms with Gasteiger partial charge in [-0.05, 0) is 18.6 Å². The van der Waals surface area contributed by atoms with E-state index in [0.717, 1.165) is 6.07 Å². The van der Waals surface area contributed by atoms with Crippen molar-refractivity contribution in [2.45, 2.75) is 26.1 Å². The molecule has 0 saturated carbocycles. The Morgan fingerprint density at radius 2 is 1.85 bits per heavy atom. The molecule has 0 aliphatic heterocycles. The number of hydrogen-bond acceptors (Lipinski definition) is 2. The first-order chi connectivity index (χ1) is 8.77. The summed E-state index contributed by atoms with van der Waals surface area (Å²) in [6.07, 6.45) is -4.44. The molecule has 2 atom stereocenters. The van der Waals surface area contributed by atoms with E-state index >= 15 is 0 Å². The molecule has 1 rings (SSSR count). The van der Waals surface area contributed by atoms with Crippen LogP contribution in [0, 0.1) is 5.92 Å². The normalized spacial score (nSPS) is 14.1. The van der Waals surface area contributed by atoms with Crippen LogP contribution in [-0.4, -0.2) is 12.5 Å². The van der Waals surface area contributed by atoms with Gasteiger partial charge in [0.25, 0.3) is 0 Å². The summed E-state index contributed by atoms with van der Waals surface area (Å²) >= 11 is 0. The van der Waals surface area contributed by atoms with Gasteiger partial charge in [0, 0.05) is 12.5 Å². The van der Waals surface area contributed by atoms with Crippen LogP contribution in [0.25, 0.3) is 0 Å². The zero-order valence-corrected chi connectivity index (χ0v) is 12.0. The Kier molecular flexibility index (Phi) is 7.02. The molecule has 0 aliphatic carbocycles. The fraction of sp³-hybridized carbons (Fsp3) is 0.462. The van der Waals surface area contributed by atoms with Gasteiger partial charge < -0.3 is 11.1 Å². The minimum absolute atomic E-state index is 0. The van der Waals surface area contributed by atoms with E-state index < -0.39 is 23.7 Å². The first kappa shape index (κ1) is 18.7. The maximum absolute atomic E-state index is 12.8. The number of alkyl halides is 3. The molecular formula is C13H18ClF3N2O. The summed E-state index contributed by atoms with van der Waals surface area (Å²) in [4.78, 5) is 11.6. The highest BCUT2D eigenvalue weighted by Crippen LogP contribution is 2.34. The number of hydrogen-bond donors (Lipinski definition) is 2. The van der Waals surface area contributed by atoms with Crippen molar-refractivity contribution < 1.29 is 18.0 Å². The van der Waals surface area contributed by atoms with Gasteiger partial charge in [0.1, 0.15) is 0 Å². The van der Waals surface area contributed by atoms with Gasteiger partial charge in [0.05, 0.1) is 11.6 Å². The summed E-state index contributed by atoms with van der Waals surface area (Å²) in [6, 6.07) is 4.48. The van der Waals surface area contributed by atoms with E-state index in [2.05, 4.69) is 5.32 Å². The SMILES string of the molecule is CC(CN)C(=O)NC(C)c1ccccc1C(F)(F)F.Cl. The lowest BCUT2D eigenvalue weighted by atomic mass is 10.0. The van der Waals surface area contributed by atoms with E-state index in [1.54, 1.807) is 6.92 Å². The lowest BCUT2D eigenvalue weighted by Gasteiger charge is -2.20. The Morgan fingerprint density at radius 3 is 2.35 bits per heavy atom. The van der Waals surface area contributed by atoms with Crippen LogP contribution in [-0.2, 0) is 11.0 Å². The third-order valence-electron chi connectivity index (χ3n) is 2.89. The van der Waals surface area contributed by atoms with Gasteiger partial charge in [-0.25, -0.2) is 0 Å². The number of amides is 1. The molecule has 114 valence electrons. The van der Waals surface area contributed by atoms with Crippen molar-refractivity contribution in [1.82, 2.24) is 5.32 Å². The highest BCUT2D eigenvalue weighted by molar-refractivity contribution is 5.85. The summed E-state index contributed by atoms with van der Waals surface area (Å²) in [6.45, 7) is 3.29. The number of benzene rings is 1. The van der Waals surface area contributed by atoms with Gasteiger partial charge in [-0.2, -0.15) is 13.2 Å². The van der Waals surface area contributed by atoms with E-state index in [-0.39, 0.29) is 30.4 Å². The Hall–Kier alpha value is -1.27. The van der Waals surface area contributed by atoms with E-state index in [1.165, 1.54) is 25.1 Å².